The molecular formula is C11H10BrN. The van der Waals surface area contributed by atoms with Gasteiger partial charge in [-0.1, -0.05) is 28.9 Å². The Morgan fingerprint density at radius 3 is 3.00 bits per heavy atom. The molecule has 0 fully saturated rings. The van der Waals surface area contributed by atoms with Gasteiger partial charge in [0.05, 0.1) is 5.52 Å². The lowest BCUT2D eigenvalue weighted by Crippen LogP contribution is -1.84. The van der Waals surface area contributed by atoms with E-state index in [1.54, 1.807) is 0 Å². The molecule has 0 saturated carbocycles. The van der Waals surface area contributed by atoms with Crippen molar-refractivity contribution in [3.63, 3.8) is 0 Å². The van der Waals surface area contributed by atoms with Gasteiger partial charge in [-0.3, -0.25) is 4.98 Å². The van der Waals surface area contributed by atoms with Crippen LogP contribution < -0.4 is 0 Å². The summed E-state index contributed by atoms with van der Waals surface area (Å²) < 4.78 is 1.12. The molecule has 0 amide bonds. The van der Waals surface area contributed by atoms with Crippen LogP contribution >= 0.6 is 15.9 Å². The Labute approximate surface area is 85.9 Å². The van der Waals surface area contributed by atoms with Crippen LogP contribution in [-0.2, 0) is 6.42 Å². The van der Waals surface area contributed by atoms with Crippen molar-refractivity contribution < 1.29 is 0 Å². The van der Waals surface area contributed by atoms with Gasteiger partial charge in [0.1, 0.15) is 0 Å². The zero-order valence-corrected chi connectivity index (χ0v) is 9.01. The minimum absolute atomic E-state index is 1.03. The van der Waals surface area contributed by atoms with Gasteiger partial charge in [-0.2, -0.15) is 0 Å². The smallest absolute Gasteiger partial charge is 0.0713 e. The first-order valence-electron chi connectivity index (χ1n) is 4.34. The zero-order chi connectivity index (χ0) is 9.26. The lowest BCUT2D eigenvalue weighted by molar-refractivity contribution is 1.12. The third-order valence-corrected chi connectivity index (χ3v) is 2.83. The van der Waals surface area contributed by atoms with Gasteiger partial charge in [-0.15, -0.1) is 0 Å². The van der Waals surface area contributed by atoms with Crippen LogP contribution in [-0.4, -0.2) is 4.98 Å². The monoisotopic (exact) mass is 235 g/mol. The number of halogens is 1. The Hall–Kier alpha value is -0.890. The topological polar surface area (TPSA) is 12.9 Å². The summed E-state index contributed by atoms with van der Waals surface area (Å²) in [4.78, 5) is 4.38. The van der Waals surface area contributed by atoms with Crippen molar-refractivity contribution in [1.82, 2.24) is 4.98 Å². The van der Waals surface area contributed by atoms with Crippen LogP contribution in [0.3, 0.4) is 0 Å². The van der Waals surface area contributed by atoms with Crippen LogP contribution in [0, 0.1) is 0 Å². The third-order valence-electron chi connectivity index (χ3n) is 2.14. The average molecular weight is 236 g/mol. The predicted molar refractivity (Wildman–Crippen MR) is 58.8 cm³/mol. The number of aromatic nitrogens is 1. The van der Waals surface area contributed by atoms with E-state index < -0.39 is 0 Å². The second-order valence-corrected chi connectivity index (χ2v) is 3.86. The number of hydrogen-bond acceptors (Lipinski definition) is 1. The molecule has 2 aromatic rings. The Morgan fingerprint density at radius 2 is 2.23 bits per heavy atom. The van der Waals surface area contributed by atoms with Crippen molar-refractivity contribution in [1.29, 1.82) is 0 Å². The number of fused-ring (bicyclic) bond motifs is 1. The molecule has 0 saturated heterocycles. The van der Waals surface area contributed by atoms with Gasteiger partial charge in [-0.25, -0.2) is 0 Å². The minimum atomic E-state index is 1.03. The van der Waals surface area contributed by atoms with Crippen LogP contribution in [0.5, 0.6) is 0 Å². The number of benzene rings is 1. The molecule has 13 heavy (non-hydrogen) atoms. The molecule has 1 aromatic carbocycles. The van der Waals surface area contributed by atoms with E-state index in [1.807, 2.05) is 24.4 Å². The fourth-order valence-electron chi connectivity index (χ4n) is 1.35. The summed E-state index contributed by atoms with van der Waals surface area (Å²) in [6.07, 6.45) is 2.97. The van der Waals surface area contributed by atoms with E-state index in [0.29, 0.717) is 0 Å². The van der Waals surface area contributed by atoms with Gasteiger partial charge in [0.25, 0.3) is 0 Å². The SMILES string of the molecule is CCc1cnc2cccc(Br)c2c1. The van der Waals surface area contributed by atoms with E-state index in [1.165, 1.54) is 10.9 Å². The summed E-state index contributed by atoms with van der Waals surface area (Å²) in [5.74, 6) is 0. The van der Waals surface area contributed by atoms with E-state index in [0.717, 1.165) is 16.4 Å². The average Bonchev–Trinajstić information content (AvgIpc) is 2.18. The quantitative estimate of drug-likeness (QED) is 0.737. The van der Waals surface area contributed by atoms with Gasteiger partial charge < -0.3 is 0 Å². The number of hydrogen-bond donors (Lipinski definition) is 0. The highest BCUT2D eigenvalue weighted by Crippen LogP contribution is 2.22. The molecule has 66 valence electrons. The van der Waals surface area contributed by atoms with E-state index in [-0.39, 0.29) is 0 Å². The van der Waals surface area contributed by atoms with E-state index >= 15 is 0 Å². The first-order valence-corrected chi connectivity index (χ1v) is 5.13. The van der Waals surface area contributed by atoms with Crippen LogP contribution in [0.4, 0.5) is 0 Å². The number of aryl methyl sites for hydroxylation is 1. The van der Waals surface area contributed by atoms with E-state index in [9.17, 15) is 0 Å². The lowest BCUT2D eigenvalue weighted by atomic mass is 10.1. The summed E-state index contributed by atoms with van der Waals surface area (Å²) in [6, 6.07) is 8.26. The van der Waals surface area contributed by atoms with Gasteiger partial charge in [-0.05, 0) is 30.2 Å². The molecule has 0 radical (unpaired) electrons. The van der Waals surface area contributed by atoms with Crippen molar-refractivity contribution in [2.75, 3.05) is 0 Å². The molecule has 0 aliphatic rings. The van der Waals surface area contributed by atoms with Crippen molar-refractivity contribution in [2.24, 2.45) is 0 Å². The van der Waals surface area contributed by atoms with Gasteiger partial charge in [0.2, 0.25) is 0 Å². The summed E-state index contributed by atoms with van der Waals surface area (Å²) in [5, 5.41) is 1.20. The molecule has 0 spiro atoms. The summed E-state index contributed by atoms with van der Waals surface area (Å²) in [7, 11) is 0. The first-order chi connectivity index (χ1) is 6.31. The fourth-order valence-corrected chi connectivity index (χ4v) is 1.82. The van der Waals surface area contributed by atoms with Crippen LogP contribution in [0.25, 0.3) is 10.9 Å². The highest BCUT2D eigenvalue weighted by Gasteiger charge is 1.99. The van der Waals surface area contributed by atoms with Crippen molar-refractivity contribution in [3.05, 3.63) is 40.5 Å². The molecule has 2 heteroatoms. The van der Waals surface area contributed by atoms with Crippen molar-refractivity contribution in [2.45, 2.75) is 13.3 Å². The van der Waals surface area contributed by atoms with Crippen LogP contribution in [0.2, 0.25) is 0 Å². The first kappa shape index (κ1) is 8.70. The second kappa shape index (κ2) is 3.46. The van der Waals surface area contributed by atoms with Crippen LogP contribution in [0.15, 0.2) is 34.9 Å². The molecule has 0 unspecified atom stereocenters. The molecule has 1 aromatic heterocycles. The summed E-state index contributed by atoms with van der Waals surface area (Å²) in [6.45, 7) is 2.14. The fraction of sp³-hybridized carbons (Fsp3) is 0.182. The molecule has 2 rings (SSSR count). The molecule has 1 nitrogen and oxygen atoms in total. The Kier molecular flexibility index (Phi) is 2.32. The normalized spacial score (nSPS) is 10.6. The molecule has 0 aliphatic heterocycles. The van der Waals surface area contributed by atoms with Gasteiger partial charge in [0, 0.05) is 16.1 Å². The third kappa shape index (κ3) is 1.59. The summed E-state index contributed by atoms with van der Waals surface area (Å²) >= 11 is 3.52. The number of nitrogens with zero attached hydrogens (tertiary/aromatic N) is 1. The highest BCUT2D eigenvalue weighted by atomic mass is 79.9. The van der Waals surface area contributed by atoms with Gasteiger partial charge >= 0.3 is 0 Å². The standard InChI is InChI=1S/C11H10BrN/c1-2-8-6-9-10(12)4-3-5-11(9)13-7-8/h3-7H,2H2,1H3. The maximum absolute atomic E-state index is 4.38. The largest absolute Gasteiger partial charge is 0.256 e. The van der Waals surface area contributed by atoms with Crippen LogP contribution in [0.1, 0.15) is 12.5 Å². The minimum Gasteiger partial charge on any atom is -0.256 e. The van der Waals surface area contributed by atoms with Crippen molar-refractivity contribution in [3.8, 4) is 0 Å². The highest BCUT2D eigenvalue weighted by molar-refractivity contribution is 9.10. The molecule has 0 aliphatic carbocycles. The lowest BCUT2D eigenvalue weighted by Gasteiger charge is -2.01. The Morgan fingerprint density at radius 1 is 1.38 bits per heavy atom. The molecule has 0 N–H and O–H groups in total. The Bertz CT molecular complexity index is 437. The Balaban J connectivity index is 2.74. The number of pyridine rings is 1. The molecular weight excluding hydrogens is 226 g/mol. The predicted octanol–water partition coefficient (Wildman–Crippen LogP) is 3.56. The van der Waals surface area contributed by atoms with Gasteiger partial charge in [0.15, 0.2) is 0 Å². The van der Waals surface area contributed by atoms with E-state index in [4.69, 9.17) is 0 Å². The van der Waals surface area contributed by atoms with Crippen molar-refractivity contribution >= 4 is 26.8 Å². The van der Waals surface area contributed by atoms with E-state index in [2.05, 4.69) is 33.9 Å². The molecule has 0 bridgehead atoms. The second-order valence-electron chi connectivity index (χ2n) is 3.00. The molecule has 1 heterocycles. The number of rotatable bonds is 1. The maximum atomic E-state index is 4.38. The zero-order valence-electron chi connectivity index (χ0n) is 7.42. The molecule has 0 atom stereocenters. The summed E-state index contributed by atoms with van der Waals surface area (Å²) in [5.41, 5.74) is 2.32. The maximum Gasteiger partial charge on any atom is 0.0713 e.